The quantitative estimate of drug-likeness (QED) is 0.240. The molecule has 184 valence electrons. The van der Waals surface area contributed by atoms with Gasteiger partial charge in [-0.15, -0.1) is 11.8 Å². The van der Waals surface area contributed by atoms with Crippen molar-refractivity contribution in [2.75, 3.05) is 31.0 Å². The molecule has 1 fully saturated rings. The van der Waals surface area contributed by atoms with E-state index in [1.54, 1.807) is 17.8 Å². The molecule has 0 saturated heterocycles. The minimum absolute atomic E-state index is 0.0278. The molecule has 0 radical (unpaired) electrons. The Morgan fingerprint density at radius 3 is 2.76 bits per heavy atom. The smallest absolute Gasteiger partial charge is 0.315 e. The Balaban J connectivity index is 1.48. The fraction of sp³-hybridized carbons (Fsp3) is 0.481. The fourth-order valence-electron chi connectivity index (χ4n) is 4.27. The molecule has 5 nitrogen and oxygen atoms in total. The van der Waals surface area contributed by atoms with Crippen LogP contribution in [0.25, 0.3) is 10.8 Å². The first-order valence-electron chi connectivity index (χ1n) is 11.8. The van der Waals surface area contributed by atoms with E-state index in [9.17, 15) is 19.8 Å². The highest BCUT2D eigenvalue weighted by Gasteiger charge is 2.40. The van der Waals surface area contributed by atoms with E-state index in [0.717, 1.165) is 24.3 Å². The van der Waals surface area contributed by atoms with Crippen molar-refractivity contribution in [3.63, 3.8) is 0 Å². The molecule has 0 aliphatic heterocycles. The van der Waals surface area contributed by atoms with Gasteiger partial charge in [-0.25, -0.2) is 0 Å². The predicted octanol–water partition coefficient (Wildman–Crippen LogP) is 4.29. The molecule has 34 heavy (non-hydrogen) atoms. The minimum Gasteiger partial charge on any atom is -0.468 e. The average Bonchev–Trinajstić information content (AvgIpc) is 3.17. The number of Topliss-reactive ketones (excluding diaryl/α,β-unsaturated/α-hetero) is 1. The molecule has 1 aliphatic rings. The van der Waals surface area contributed by atoms with Gasteiger partial charge >= 0.3 is 5.97 Å². The second kappa shape index (κ2) is 13.9. The number of fused-ring (bicyclic) bond motifs is 1. The summed E-state index contributed by atoms with van der Waals surface area (Å²) >= 11 is 3.16. The van der Waals surface area contributed by atoms with Crippen LogP contribution in [0.15, 0.2) is 54.6 Å². The first-order chi connectivity index (χ1) is 16.5. The number of ketones is 1. The van der Waals surface area contributed by atoms with Gasteiger partial charge in [0.1, 0.15) is 5.78 Å². The number of benzene rings is 2. The number of aryl methyl sites for hydroxylation is 1. The van der Waals surface area contributed by atoms with Crippen LogP contribution in [0.5, 0.6) is 0 Å². The summed E-state index contributed by atoms with van der Waals surface area (Å²) in [7, 11) is 1.38. The molecule has 0 aromatic heterocycles. The van der Waals surface area contributed by atoms with Crippen LogP contribution in [-0.2, 0) is 20.7 Å². The molecule has 0 heterocycles. The maximum absolute atomic E-state index is 12.6. The number of rotatable bonds is 13. The normalized spacial score (nSPS) is 21.4. The summed E-state index contributed by atoms with van der Waals surface area (Å²) in [5, 5.41) is 22.6. The molecule has 0 amide bonds. The van der Waals surface area contributed by atoms with Crippen molar-refractivity contribution >= 4 is 46.0 Å². The molecule has 3 rings (SSSR count). The van der Waals surface area contributed by atoms with Crippen molar-refractivity contribution in [2.24, 2.45) is 11.8 Å². The lowest BCUT2D eigenvalue weighted by atomic mass is 9.95. The molecule has 1 aliphatic carbocycles. The van der Waals surface area contributed by atoms with Gasteiger partial charge in [0.25, 0.3) is 0 Å². The number of esters is 1. The lowest BCUT2D eigenvalue weighted by Crippen LogP contribution is -2.21. The van der Waals surface area contributed by atoms with Crippen LogP contribution >= 0.6 is 23.5 Å². The Labute approximate surface area is 210 Å². The molecule has 4 atom stereocenters. The zero-order valence-corrected chi connectivity index (χ0v) is 21.2. The number of carbonyl (C=O) groups is 2. The topological polar surface area (TPSA) is 83.8 Å². The van der Waals surface area contributed by atoms with Gasteiger partial charge in [0.05, 0.1) is 24.2 Å². The van der Waals surface area contributed by atoms with Gasteiger partial charge < -0.3 is 14.9 Å². The number of hydrogen-bond acceptors (Lipinski definition) is 7. The van der Waals surface area contributed by atoms with Gasteiger partial charge in [-0.05, 0) is 53.0 Å². The zero-order chi connectivity index (χ0) is 24.3. The lowest BCUT2D eigenvalue weighted by molar-refractivity contribution is -0.137. The maximum Gasteiger partial charge on any atom is 0.315 e. The van der Waals surface area contributed by atoms with Crippen LogP contribution < -0.4 is 0 Å². The van der Waals surface area contributed by atoms with Gasteiger partial charge in [-0.2, -0.15) is 11.8 Å². The van der Waals surface area contributed by atoms with E-state index in [0.29, 0.717) is 18.6 Å². The number of carbonyl (C=O) groups excluding carboxylic acids is 2. The SMILES string of the molecule is COC(=O)CSCCCS[C@H]1C(=O)C[C@@H](CO)[C@@H]1C=C[C@@H](O)CCc1ccc2ccccc2c1. The summed E-state index contributed by atoms with van der Waals surface area (Å²) in [6, 6.07) is 14.6. The first-order valence-corrected chi connectivity index (χ1v) is 14.0. The standard InChI is InChI=1S/C27H34O5S2/c1-32-26(31)18-33-13-4-14-34-27-24(22(17-28)16-25(27)30)12-11-23(29)10-8-19-7-9-20-5-2-3-6-21(20)15-19/h2-3,5-7,9,11-12,15,22-24,27-29H,4,8,10,13-14,16-18H2,1H3/t22-,23-,24-,27+/m0/s1. The summed E-state index contributed by atoms with van der Waals surface area (Å²) in [6.07, 6.45) is 5.80. The summed E-state index contributed by atoms with van der Waals surface area (Å²) in [4.78, 5) is 23.7. The van der Waals surface area contributed by atoms with E-state index in [4.69, 9.17) is 0 Å². The van der Waals surface area contributed by atoms with Crippen LogP contribution in [0.2, 0.25) is 0 Å². The third-order valence-electron chi connectivity index (χ3n) is 6.19. The van der Waals surface area contributed by atoms with Gasteiger partial charge in [0, 0.05) is 18.9 Å². The van der Waals surface area contributed by atoms with Crippen molar-refractivity contribution in [3.05, 3.63) is 60.2 Å². The zero-order valence-electron chi connectivity index (χ0n) is 19.6. The van der Waals surface area contributed by atoms with Crippen molar-refractivity contribution in [1.82, 2.24) is 0 Å². The second-order valence-electron chi connectivity index (χ2n) is 8.64. The highest BCUT2D eigenvalue weighted by Crippen LogP contribution is 2.38. The summed E-state index contributed by atoms with van der Waals surface area (Å²) < 4.78 is 4.63. The maximum atomic E-state index is 12.6. The summed E-state index contributed by atoms with van der Waals surface area (Å²) in [5.74, 6) is 1.78. The van der Waals surface area contributed by atoms with Crippen molar-refractivity contribution in [1.29, 1.82) is 0 Å². The molecule has 0 spiro atoms. The van der Waals surface area contributed by atoms with Gasteiger partial charge in [0.2, 0.25) is 0 Å². The monoisotopic (exact) mass is 502 g/mol. The molecule has 0 unspecified atom stereocenters. The Kier molecular flexibility index (Phi) is 11.0. The van der Waals surface area contributed by atoms with Gasteiger partial charge in [-0.1, -0.05) is 54.6 Å². The van der Waals surface area contributed by atoms with Crippen LogP contribution in [0.4, 0.5) is 0 Å². The Hall–Kier alpha value is -1.80. The second-order valence-corrected chi connectivity index (χ2v) is 11.0. The van der Waals surface area contributed by atoms with E-state index in [-0.39, 0.29) is 35.4 Å². The van der Waals surface area contributed by atoms with Crippen molar-refractivity contribution in [2.45, 2.75) is 37.0 Å². The van der Waals surface area contributed by atoms with Crippen LogP contribution in [0.3, 0.4) is 0 Å². The number of aliphatic hydroxyl groups excluding tert-OH is 2. The number of ether oxygens (including phenoxy) is 1. The largest absolute Gasteiger partial charge is 0.468 e. The summed E-state index contributed by atoms with van der Waals surface area (Å²) in [6.45, 7) is -0.0278. The number of aliphatic hydroxyl groups is 2. The fourth-order valence-corrected chi connectivity index (χ4v) is 6.61. The highest BCUT2D eigenvalue weighted by atomic mass is 32.2. The molecule has 1 saturated carbocycles. The van der Waals surface area contributed by atoms with E-state index >= 15 is 0 Å². The minimum atomic E-state index is -0.595. The molecule has 2 aromatic carbocycles. The third kappa shape index (κ3) is 7.87. The van der Waals surface area contributed by atoms with E-state index in [1.807, 2.05) is 18.2 Å². The molecular weight excluding hydrogens is 468 g/mol. The van der Waals surface area contributed by atoms with E-state index in [1.165, 1.54) is 35.2 Å². The predicted molar refractivity (Wildman–Crippen MR) is 141 cm³/mol. The van der Waals surface area contributed by atoms with Gasteiger partial charge in [-0.3, -0.25) is 9.59 Å². The van der Waals surface area contributed by atoms with E-state index in [2.05, 4.69) is 35.1 Å². The number of allylic oxidation sites excluding steroid dienone is 1. The van der Waals surface area contributed by atoms with Crippen LogP contribution in [0.1, 0.15) is 24.8 Å². The number of methoxy groups -OCH3 is 1. The average molecular weight is 503 g/mol. The Morgan fingerprint density at radius 1 is 1.21 bits per heavy atom. The van der Waals surface area contributed by atoms with E-state index < -0.39 is 6.10 Å². The Bertz CT molecular complexity index is 976. The summed E-state index contributed by atoms with van der Waals surface area (Å²) in [5.41, 5.74) is 1.19. The molecule has 7 heteroatoms. The number of thioether (sulfide) groups is 2. The third-order valence-corrected chi connectivity index (χ3v) is 8.66. The van der Waals surface area contributed by atoms with Crippen molar-refractivity contribution < 1.29 is 24.5 Å². The van der Waals surface area contributed by atoms with Crippen molar-refractivity contribution in [3.8, 4) is 0 Å². The number of hydrogen-bond donors (Lipinski definition) is 2. The Morgan fingerprint density at radius 2 is 2.00 bits per heavy atom. The highest BCUT2D eigenvalue weighted by molar-refractivity contribution is 8.01. The molecular formula is C27H34O5S2. The first kappa shape index (κ1) is 26.8. The van der Waals surface area contributed by atoms with Gasteiger partial charge in [0.15, 0.2) is 0 Å². The molecule has 2 N–H and O–H groups in total. The molecule has 2 aromatic rings. The van der Waals surface area contributed by atoms with Crippen LogP contribution in [-0.4, -0.2) is 64.3 Å². The van der Waals surface area contributed by atoms with Crippen LogP contribution in [0, 0.1) is 11.8 Å². The lowest BCUT2D eigenvalue weighted by Gasteiger charge is -2.19. The molecule has 0 bridgehead atoms.